The monoisotopic (exact) mass is 207 g/mol. The normalized spacial score (nSPS) is 13.1. The zero-order valence-corrected chi connectivity index (χ0v) is 9.83. The maximum atomic E-state index is 8.87. The fraction of sp³-hybridized carbons (Fsp3) is 0.538. The highest BCUT2D eigenvalue weighted by Gasteiger charge is 2.01. The van der Waals surface area contributed by atoms with E-state index in [9.17, 15) is 0 Å². The number of aliphatic hydroxyl groups is 1. The van der Waals surface area contributed by atoms with E-state index in [1.54, 1.807) is 0 Å². The van der Waals surface area contributed by atoms with E-state index < -0.39 is 0 Å². The minimum Gasteiger partial charge on any atom is -0.395 e. The van der Waals surface area contributed by atoms with Gasteiger partial charge in [-0.25, -0.2) is 0 Å². The average Bonchev–Trinajstić information content (AvgIpc) is 2.26. The number of benzene rings is 1. The minimum atomic E-state index is 0.162. The van der Waals surface area contributed by atoms with Crippen LogP contribution in [0.15, 0.2) is 24.3 Å². The van der Waals surface area contributed by atoms with Gasteiger partial charge >= 0.3 is 0 Å². The molecular weight excluding hydrogens is 186 g/mol. The van der Waals surface area contributed by atoms with Gasteiger partial charge in [-0.3, -0.25) is 0 Å². The van der Waals surface area contributed by atoms with Crippen molar-refractivity contribution in [3.8, 4) is 0 Å². The van der Waals surface area contributed by atoms with Crippen LogP contribution in [0.1, 0.15) is 37.8 Å². The second kappa shape index (κ2) is 5.89. The van der Waals surface area contributed by atoms with Gasteiger partial charge in [0.05, 0.1) is 6.61 Å². The molecule has 0 saturated heterocycles. The van der Waals surface area contributed by atoms with Crippen LogP contribution in [0.2, 0.25) is 0 Å². The molecule has 2 nitrogen and oxygen atoms in total. The van der Waals surface area contributed by atoms with Gasteiger partial charge in [0.2, 0.25) is 0 Å². The lowest BCUT2D eigenvalue weighted by Crippen LogP contribution is -2.28. The fourth-order valence-electron chi connectivity index (χ4n) is 1.38. The molecule has 0 heterocycles. The second-order valence-electron chi connectivity index (χ2n) is 4.36. The van der Waals surface area contributed by atoms with Crippen LogP contribution in [0.4, 0.5) is 0 Å². The second-order valence-corrected chi connectivity index (χ2v) is 4.36. The molecular formula is C13H21NO. The maximum Gasteiger partial charge on any atom is 0.0582 e. The van der Waals surface area contributed by atoms with Gasteiger partial charge in [-0.05, 0) is 24.0 Å². The Bertz CT molecular complexity index is 279. The van der Waals surface area contributed by atoms with E-state index in [2.05, 4.69) is 43.4 Å². The molecule has 0 saturated carbocycles. The summed E-state index contributed by atoms with van der Waals surface area (Å²) in [5.74, 6) is 0.586. The Morgan fingerprint density at radius 1 is 1.13 bits per heavy atom. The summed E-state index contributed by atoms with van der Waals surface area (Å²) in [4.78, 5) is 0. The highest BCUT2D eigenvalue weighted by Crippen LogP contribution is 2.14. The lowest BCUT2D eigenvalue weighted by atomic mass is 10.0. The molecule has 0 aliphatic carbocycles. The van der Waals surface area contributed by atoms with Crippen LogP contribution >= 0.6 is 0 Å². The summed E-state index contributed by atoms with van der Waals surface area (Å²) in [6.07, 6.45) is 0. The molecule has 1 atom stereocenters. The summed E-state index contributed by atoms with van der Waals surface area (Å²) in [7, 11) is 0. The summed E-state index contributed by atoms with van der Waals surface area (Å²) in [6, 6.07) is 8.80. The molecule has 0 bridgehead atoms. The van der Waals surface area contributed by atoms with Gasteiger partial charge in [0.15, 0.2) is 0 Å². The average molecular weight is 207 g/mol. The van der Waals surface area contributed by atoms with Crippen LogP contribution in [0.3, 0.4) is 0 Å². The van der Waals surface area contributed by atoms with Gasteiger partial charge in [-0.2, -0.15) is 0 Å². The molecule has 1 aromatic carbocycles. The van der Waals surface area contributed by atoms with Crippen molar-refractivity contribution in [2.45, 2.75) is 39.3 Å². The van der Waals surface area contributed by atoms with Crippen molar-refractivity contribution in [1.82, 2.24) is 5.32 Å². The molecule has 2 N–H and O–H groups in total. The summed E-state index contributed by atoms with van der Waals surface area (Å²) in [5, 5.41) is 12.1. The van der Waals surface area contributed by atoms with Crippen molar-refractivity contribution < 1.29 is 5.11 Å². The number of rotatable bonds is 5. The van der Waals surface area contributed by atoms with Crippen molar-refractivity contribution in [1.29, 1.82) is 0 Å². The van der Waals surface area contributed by atoms with E-state index in [0.29, 0.717) is 5.92 Å². The van der Waals surface area contributed by atoms with Gasteiger partial charge in [0.25, 0.3) is 0 Å². The number of hydrogen-bond donors (Lipinski definition) is 2. The van der Waals surface area contributed by atoms with Crippen molar-refractivity contribution in [3.63, 3.8) is 0 Å². The highest BCUT2D eigenvalue weighted by molar-refractivity contribution is 5.24. The van der Waals surface area contributed by atoms with Crippen LogP contribution in [0.25, 0.3) is 0 Å². The lowest BCUT2D eigenvalue weighted by molar-refractivity contribution is 0.251. The topological polar surface area (TPSA) is 32.3 Å². The number of nitrogens with one attached hydrogen (secondary N) is 1. The van der Waals surface area contributed by atoms with E-state index in [1.165, 1.54) is 11.1 Å². The van der Waals surface area contributed by atoms with Gasteiger partial charge in [-0.15, -0.1) is 0 Å². The molecule has 0 fully saturated rings. The van der Waals surface area contributed by atoms with Gasteiger partial charge < -0.3 is 10.4 Å². The van der Waals surface area contributed by atoms with E-state index in [-0.39, 0.29) is 12.6 Å². The molecule has 15 heavy (non-hydrogen) atoms. The van der Waals surface area contributed by atoms with Crippen LogP contribution in [-0.4, -0.2) is 17.8 Å². The largest absolute Gasteiger partial charge is 0.395 e. The van der Waals surface area contributed by atoms with Gasteiger partial charge in [-0.1, -0.05) is 38.1 Å². The predicted molar refractivity (Wildman–Crippen MR) is 63.9 cm³/mol. The Morgan fingerprint density at radius 2 is 1.73 bits per heavy atom. The Hall–Kier alpha value is -0.860. The minimum absolute atomic E-state index is 0.162. The van der Waals surface area contributed by atoms with E-state index in [4.69, 9.17) is 5.11 Å². The van der Waals surface area contributed by atoms with E-state index in [0.717, 1.165) is 6.54 Å². The molecule has 0 spiro atoms. The van der Waals surface area contributed by atoms with E-state index >= 15 is 0 Å². The maximum absolute atomic E-state index is 8.87. The molecule has 0 radical (unpaired) electrons. The first kappa shape index (κ1) is 12.2. The third kappa shape index (κ3) is 4.02. The number of hydrogen-bond acceptors (Lipinski definition) is 2. The van der Waals surface area contributed by atoms with Crippen molar-refractivity contribution in [3.05, 3.63) is 35.4 Å². The highest BCUT2D eigenvalue weighted by atomic mass is 16.3. The van der Waals surface area contributed by atoms with Crippen LogP contribution in [0, 0.1) is 0 Å². The quantitative estimate of drug-likeness (QED) is 0.776. The molecule has 1 rings (SSSR count). The smallest absolute Gasteiger partial charge is 0.0582 e. The first-order valence-corrected chi connectivity index (χ1v) is 5.56. The first-order valence-electron chi connectivity index (χ1n) is 5.56. The molecule has 84 valence electrons. The third-order valence-corrected chi connectivity index (χ3v) is 2.57. The molecule has 0 aliphatic rings. The summed E-state index contributed by atoms with van der Waals surface area (Å²) >= 11 is 0. The zero-order valence-electron chi connectivity index (χ0n) is 9.83. The summed E-state index contributed by atoms with van der Waals surface area (Å²) < 4.78 is 0. The van der Waals surface area contributed by atoms with Crippen molar-refractivity contribution in [2.75, 3.05) is 6.61 Å². The first-order chi connectivity index (χ1) is 7.13. The Kier molecular flexibility index (Phi) is 4.79. The predicted octanol–water partition coefficient (Wildman–Crippen LogP) is 2.28. The fourth-order valence-corrected chi connectivity index (χ4v) is 1.38. The summed E-state index contributed by atoms with van der Waals surface area (Å²) in [5.41, 5.74) is 2.63. The molecule has 0 unspecified atom stereocenters. The zero-order chi connectivity index (χ0) is 11.3. The molecule has 2 heteroatoms. The van der Waals surface area contributed by atoms with Crippen LogP contribution in [0.5, 0.6) is 0 Å². The van der Waals surface area contributed by atoms with Crippen LogP contribution < -0.4 is 5.32 Å². The molecule has 1 aromatic rings. The SMILES string of the molecule is CC(C)c1ccc(CN[C@H](C)CO)cc1. The lowest BCUT2D eigenvalue weighted by Gasteiger charge is -2.11. The van der Waals surface area contributed by atoms with Crippen LogP contribution in [-0.2, 0) is 6.54 Å². The van der Waals surface area contributed by atoms with Crippen molar-refractivity contribution in [2.24, 2.45) is 0 Å². The Labute approximate surface area is 92.3 Å². The molecule has 0 aromatic heterocycles. The number of aliphatic hydroxyl groups excluding tert-OH is 1. The standard InChI is InChI=1S/C13H21NO/c1-10(2)13-6-4-12(5-7-13)8-14-11(3)9-15/h4-7,10-11,14-15H,8-9H2,1-3H3/t11-/m1/s1. The molecule has 0 aliphatic heterocycles. The Balaban J connectivity index is 2.50. The van der Waals surface area contributed by atoms with Gasteiger partial charge in [0.1, 0.15) is 0 Å². The van der Waals surface area contributed by atoms with Gasteiger partial charge in [0, 0.05) is 12.6 Å². The Morgan fingerprint density at radius 3 is 2.20 bits per heavy atom. The third-order valence-electron chi connectivity index (χ3n) is 2.57. The van der Waals surface area contributed by atoms with Crippen molar-refractivity contribution >= 4 is 0 Å². The summed E-state index contributed by atoms with van der Waals surface area (Å²) in [6.45, 7) is 7.37. The molecule has 0 amide bonds. The van der Waals surface area contributed by atoms with E-state index in [1.807, 2.05) is 6.92 Å².